The topological polar surface area (TPSA) is 21.3 Å². The molecule has 0 bridgehead atoms. The van der Waals surface area contributed by atoms with Crippen LogP contribution in [0.5, 0.6) is 0 Å². The lowest BCUT2D eigenvalue weighted by Crippen LogP contribution is -2.45. The van der Waals surface area contributed by atoms with Crippen LogP contribution < -0.4 is 5.32 Å². The maximum atomic E-state index is 5.66. The fourth-order valence-corrected chi connectivity index (χ4v) is 3.78. The zero-order valence-corrected chi connectivity index (χ0v) is 12.6. The van der Waals surface area contributed by atoms with Crippen LogP contribution in [0.1, 0.15) is 53.4 Å². The molecule has 1 aliphatic carbocycles. The van der Waals surface area contributed by atoms with E-state index in [1.54, 1.807) is 0 Å². The Bertz CT molecular complexity index is 253. The lowest BCUT2D eigenvalue weighted by Gasteiger charge is -2.38. The van der Waals surface area contributed by atoms with Crippen molar-refractivity contribution in [1.82, 2.24) is 5.32 Å². The molecule has 1 N–H and O–H groups in total. The average Bonchev–Trinajstić information content (AvgIpc) is 2.72. The molecule has 106 valence electrons. The van der Waals surface area contributed by atoms with E-state index < -0.39 is 0 Å². The normalized spacial score (nSPS) is 41.5. The molecule has 0 aromatic heterocycles. The molecule has 18 heavy (non-hydrogen) atoms. The summed E-state index contributed by atoms with van der Waals surface area (Å²) in [6, 6.07) is 0.738. The van der Waals surface area contributed by atoms with E-state index in [2.05, 4.69) is 33.0 Å². The summed E-state index contributed by atoms with van der Waals surface area (Å²) in [5, 5.41) is 3.88. The van der Waals surface area contributed by atoms with Crippen LogP contribution >= 0.6 is 0 Å². The maximum Gasteiger partial charge on any atom is 0.0588 e. The van der Waals surface area contributed by atoms with Gasteiger partial charge >= 0.3 is 0 Å². The Morgan fingerprint density at radius 3 is 2.56 bits per heavy atom. The summed E-state index contributed by atoms with van der Waals surface area (Å²) in [6.07, 6.45) is 5.89. The van der Waals surface area contributed by atoms with Gasteiger partial charge < -0.3 is 10.1 Å². The van der Waals surface area contributed by atoms with Crippen molar-refractivity contribution in [2.75, 3.05) is 13.2 Å². The van der Waals surface area contributed by atoms with Crippen molar-refractivity contribution in [2.24, 2.45) is 23.7 Å². The molecule has 5 unspecified atom stereocenters. The minimum Gasteiger partial charge on any atom is -0.378 e. The summed E-state index contributed by atoms with van der Waals surface area (Å²) < 4.78 is 5.66. The summed E-state index contributed by atoms with van der Waals surface area (Å²) in [5.41, 5.74) is 0. The van der Waals surface area contributed by atoms with Crippen molar-refractivity contribution < 1.29 is 4.74 Å². The molecule has 0 aromatic carbocycles. The van der Waals surface area contributed by atoms with Crippen molar-refractivity contribution in [1.29, 1.82) is 0 Å². The monoisotopic (exact) mass is 253 g/mol. The van der Waals surface area contributed by atoms with Crippen LogP contribution in [0.25, 0.3) is 0 Å². The summed E-state index contributed by atoms with van der Waals surface area (Å²) in [6.45, 7) is 11.5. The molecule has 2 rings (SSSR count). The van der Waals surface area contributed by atoms with E-state index in [4.69, 9.17) is 4.74 Å². The number of rotatable bonds is 4. The zero-order valence-electron chi connectivity index (χ0n) is 12.6. The van der Waals surface area contributed by atoms with Gasteiger partial charge in [-0.2, -0.15) is 0 Å². The van der Waals surface area contributed by atoms with Gasteiger partial charge in [0, 0.05) is 19.2 Å². The smallest absolute Gasteiger partial charge is 0.0588 e. The number of hydrogen-bond acceptors (Lipinski definition) is 2. The predicted molar refractivity (Wildman–Crippen MR) is 76.7 cm³/mol. The van der Waals surface area contributed by atoms with Gasteiger partial charge in [0.15, 0.2) is 0 Å². The summed E-state index contributed by atoms with van der Waals surface area (Å²) in [5.74, 6) is 3.32. The van der Waals surface area contributed by atoms with Crippen LogP contribution in [-0.2, 0) is 4.74 Å². The minimum atomic E-state index is 0.455. The second-order valence-electron chi connectivity index (χ2n) is 6.97. The van der Waals surface area contributed by atoms with Gasteiger partial charge in [-0.1, -0.05) is 27.2 Å². The fraction of sp³-hybridized carbons (Fsp3) is 1.00. The van der Waals surface area contributed by atoms with Crippen molar-refractivity contribution in [3.05, 3.63) is 0 Å². The molecule has 2 aliphatic rings. The Hall–Kier alpha value is -0.0800. The Kier molecular flexibility index (Phi) is 5.08. The Morgan fingerprint density at radius 1 is 1.17 bits per heavy atom. The van der Waals surface area contributed by atoms with Crippen molar-refractivity contribution in [3.8, 4) is 0 Å². The Morgan fingerprint density at radius 2 is 1.94 bits per heavy atom. The summed E-state index contributed by atoms with van der Waals surface area (Å²) in [4.78, 5) is 0. The molecule has 1 saturated heterocycles. The molecular formula is C16H31NO. The van der Waals surface area contributed by atoms with Gasteiger partial charge in [0.05, 0.1) is 6.10 Å². The lowest BCUT2D eigenvalue weighted by molar-refractivity contribution is 0.100. The quantitative estimate of drug-likeness (QED) is 0.828. The molecule has 0 radical (unpaired) electrons. The standard InChI is InChI=1S/C16H31NO/c1-11(2)15-6-5-12(3)9-16(15)17-10-14-7-8-18-13(14)4/h11-17H,5-10H2,1-4H3. The van der Waals surface area contributed by atoms with Gasteiger partial charge in [0.2, 0.25) is 0 Å². The summed E-state index contributed by atoms with van der Waals surface area (Å²) in [7, 11) is 0. The van der Waals surface area contributed by atoms with Gasteiger partial charge in [-0.15, -0.1) is 0 Å². The first-order chi connectivity index (χ1) is 8.58. The van der Waals surface area contributed by atoms with Crippen LogP contribution in [0.2, 0.25) is 0 Å². The highest BCUT2D eigenvalue weighted by Gasteiger charge is 2.32. The molecule has 5 atom stereocenters. The van der Waals surface area contributed by atoms with Gasteiger partial charge in [-0.05, 0) is 49.9 Å². The molecule has 1 heterocycles. The molecule has 2 nitrogen and oxygen atoms in total. The van der Waals surface area contributed by atoms with Crippen molar-refractivity contribution in [2.45, 2.75) is 65.5 Å². The van der Waals surface area contributed by atoms with Crippen LogP contribution in [0, 0.1) is 23.7 Å². The second-order valence-corrected chi connectivity index (χ2v) is 6.97. The van der Waals surface area contributed by atoms with E-state index in [-0.39, 0.29) is 0 Å². The average molecular weight is 253 g/mol. The van der Waals surface area contributed by atoms with E-state index in [0.717, 1.165) is 42.9 Å². The first kappa shape index (κ1) is 14.3. The van der Waals surface area contributed by atoms with Crippen LogP contribution in [-0.4, -0.2) is 25.3 Å². The fourth-order valence-electron chi connectivity index (χ4n) is 3.78. The Labute approximate surface area is 113 Å². The second kappa shape index (κ2) is 6.38. The van der Waals surface area contributed by atoms with E-state index in [1.807, 2.05) is 0 Å². The lowest BCUT2D eigenvalue weighted by atomic mass is 9.74. The van der Waals surface area contributed by atoms with Gasteiger partial charge in [-0.3, -0.25) is 0 Å². The zero-order chi connectivity index (χ0) is 13.1. The number of nitrogens with one attached hydrogen (secondary N) is 1. The number of ether oxygens (including phenoxy) is 1. The molecule has 0 spiro atoms. The van der Waals surface area contributed by atoms with Crippen molar-refractivity contribution >= 4 is 0 Å². The van der Waals surface area contributed by atoms with Gasteiger partial charge in [-0.25, -0.2) is 0 Å². The van der Waals surface area contributed by atoms with Crippen LogP contribution in [0.4, 0.5) is 0 Å². The highest BCUT2D eigenvalue weighted by Crippen LogP contribution is 2.33. The van der Waals surface area contributed by atoms with Gasteiger partial charge in [0.1, 0.15) is 0 Å². The molecule has 2 fully saturated rings. The molecule has 2 heteroatoms. The molecule has 1 aliphatic heterocycles. The largest absolute Gasteiger partial charge is 0.378 e. The van der Waals surface area contributed by atoms with E-state index >= 15 is 0 Å². The first-order valence-corrected chi connectivity index (χ1v) is 7.93. The third-order valence-corrected chi connectivity index (χ3v) is 5.20. The van der Waals surface area contributed by atoms with E-state index in [1.165, 1.54) is 25.7 Å². The molecule has 1 saturated carbocycles. The van der Waals surface area contributed by atoms with Gasteiger partial charge in [0.25, 0.3) is 0 Å². The SMILES string of the molecule is CC1CCC(C(C)C)C(NCC2CCOC2C)C1. The first-order valence-electron chi connectivity index (χ1n) is 7.93. The highest BCUT2D eigenvalue weighted by atomic mass is 16.5. The summed E-state index contributed by atoms with van der Waals surface area (Å²) >= 11 is 0. The Balaban J connectivity index is 1.84. The highest BCUT2D eigenvalue weighted by molar-refractivity contribution is 4.87. The molecule has 0 amide bonds. The van der Waals surface area contributed by atoms with E-state index in [9.17, 15) is 0 Å². The molecular weight excluding hydrogens is 222 g/mol. The minimum absolute atomic E-state index is 0.455. The third-order valence-electron chi connectivity index (χ3n) is 5.20. The third kappa shape index (κ3) is 3.48. The van der Waals surface area contributed by atoms with Crippen molar-refractivity contribution in [3.63, 3.8) is 0 Å². The van der Waals surface area contributed by atoms with Crippen LogP contribution in [0.15, 0.2) is 0 Å². The molecule has 0 aromatic rings. The number of hydrogen-bond donors (Lipinski definition) is 1. The maximum absolute atomic E-state index is 5.66. The van der Waals surface area contributed by atoms with E-state index in [0.29, 0.717) is 6.10 Å². The van der Waals surface area contributed by atoms with Crippen LogP contribution in [0.3, 0.4) is 0 Å². The predicted octanol–water partition coefficient (Wildman–Crippen LogP) is 3.46.